The number of aliphatic hydroxyl groups is 1. The summed E-state index contributed by atoms with van der Waals surface area (Å²) < 4.78 is 1.67. The van der Waals surface area contributed by atoms with E-state index in [1.54, 1.807) is 17.9 Å². The van der Waals surface area contributed by atoms with Gasteiger partial charge in [-0.15, -0.1) is 0 Å². The van der Waals surface area contributed by atoms with Crippen molar-refractivity contribution in [2.24, 2.45) is 7.05 Å². The lowest BCUT2D eigenvalue weighted by Crippen LogP contribution is -2.19. The number of aryl methyl sites for hydroxylation is 1. The van der Waals surface area contributed by atoms with Crippen LogP contribution in [0.5, 0.6) is 0 Å². The Hall–Kier alpha value is -0.940. The van der Waals surface area contributed by atoms with Gasteiger partial charge in [-0.2, -0.15) is 5.10 Å². The minimum Gasteiger partial charge on any atom is -0.393 e. The van der Waals surface area contributed by atoms with Crippen molar-refractivity contribution in [2.75, 3.05) is 6.54 Å². The molecule has 1 aromatic heterocycles. The van der Waals surface area contributed by atoms with Crippen LogP contribution in [0.4, 0.5) is 0 Å². The molecule has 0 radical (unpaired) electrons. The molecule has 0 saturated carbocycles. The van der Waals surface area contributed by atoms with Gasteiger partial charge in [0.05, 0.1) is 12.6 Å². The number of aliphatic hydroxyl groups excluding tert-OH is 1. The van der Waals surface area contributed by atoms with Crippen LogP contribution in [0.1, 0.15) is 19.2 Å². The first-order chi connectivity index (χ1) is 6.18. The molecule has 5 nitrogen and oxygen atoms in total. The molecule has 74 valence electrons. The lowest BCUT2D eigenvalue weighted by molar-refractivity contribution is 0.183. The van der Waals surface area contributed by atoms with Crippen molar-refractivity contribution in [1.29, 1.82) is 0 Å². The Balaban J connectivity index is 2.13. The highest BCUT2D eigenvalue weighted by Crippen LogP contribution is 1.89. The third-order valence-corrected chi connectivity index (χ3v) is 1.67. The van der Waals surface area contributed by atoms with Gasteiger partial charge in [0.2, 0.25) is 0 Å². The fraction of sp³-hybridized carbons (Fsp3) is 0.750. The topological polar surface area (TPSA) is 63.0 Å². The molecule has 0 aliphatic rings. The molecule has 0 saturated heterocycles. The highest BCUT2D eigenvalue weighted by molar-refractivity contribution is 4.79. The summed E-state index contributed by atoms with van der Waals surface area (Å²) in [6.07, 6.45) is 2.18. The fourth-order valence-corrected chi connectivity index (χ4v) is 0.976. The van der Waals surface area contributed by atoms with Crippen LogP contribution in [0, 0.1) is 0 Å². The second-order valence-electron chi connectivity index (χ2n) is 3.15. The van der Waals surface area contributed by atoms with Crippen molar-refractivity contribution in [1.82, 2.24) is 20.1 Å². The Morgan fingerprint density at radius 2 is 2.46 bits per heavy atom. The van der Waals surface area contributed by atoms with Gasteiger partial charge >= 0.3 is 0 Å². The molecule has 0 aliphatic carbocycles. The average Bonchev–Trinajstić information content (AvgIpc) is 2.45. The number of rotatable bonds is 5. The van der Waals surface area contributed by atoms with E-state index < -0.39 is 0 Å². The molecule has 2 N–H and O–H groups in total. The van der Waals surface area contributed by atoms with E-state index in [-0.39, 0.29) is 6.10 Å². The quantitative estimate of drug-likeness (QED) is 0.615. The van der Waals surface area contributed by atoms with E-state index in [9.17, 15) is 0 Å². The summed E-state index contributed by atoms with van der Waals surface area (Å²) in [5.74, 6) is 0.785. The molecule has 0 aromatic carbocycles. The monoisotopic (exact) mass is 184 g/mol. The van der Waals surface area contributed by atoms with Crippen LogP contribution in [-0.4, -0.2) is 32.5 Å². The normalized spacial score (nSPS) is 13.2. The lowest BCUT2D eigenvalue weighted by Gasteiger charge is -2.03. The third-order valence-electron chi connectivity index (χ3n) is 1.67. The van der Waals surface area contributed by atoms with Crippen molar-refractivity contribution < 1.29 is 5.11 Å². The first-order valence-electron chi connectivity index (χ1n) is 4.42. The number of nitrogens with zero attached hydrogens (tertiary/aromatic N) is 3. The zero-order valence-electron chi connectivity index (χ0n) is 8.06. The largest absolute Gasteiger partial charge is 0.393 e. The minimum absolute atomic E-state index is 0.246. The van der Waals surface area contributed by atoms with E-state index in [1.807, 2.05) is 7.05 Å². The van der Waals surface area contributed by atoms with E-state index in [4.69, 9.17) is 5.11 Å². The Morgan fingerprint density at radius 1 is 1.69 bits per heavy atom. The minimum atomic E-state index is -0.246. The number of hydrogen-bond acceptors (Lipinski definition) is 4. The zero-order chi connectivity index (χ0) is 9.68. The number of hydrogen-bond donors (Lipinski definition) is 2. The summed E-state index contributed by atoms with van der Waals surface area (Å²) >= 11 is 0. The van der Waals surface area contributed by atoms with Crippen LogP contribution in [0.3, 0.4) is 0 Å². The maximum atomic E-state index is 8.98. The molecule has 1 heterocycles. The molecule has 1 unspecified atom stereocenters. The smallest absolute Gasteiger partial charge is 0.164 e. The van der Waals surface area contributed by atoms with E-state index in [0.29, 0.717) is 6.54 Å². The summed E-state index contributed by atoms with van der Waals surface area (Å²) in [6.45, 7) is 3.23. The first kappa shape index (κ1) is 10.1. The lowest BCUT2D eigenvalue weighted by atomic mass is 10.3. The Morgan fingerprint density at radius 3 is 3.00 bits per heavy atom. The van der Waals surface area contributed by atoms with Crippen molar-refractivity contribution in [3.63, 3.8) is 0 Å². The van der Waals surface area contributed by atoms with Crippen LogP contribution in [0.25, 0.3) is 0 Å². The molecule has 0 fully saturated rings. The van der Waals surface area contributed by atoms with Gasteiger partial charge in [-0.25, -0.2) is 4.98 Å². The molecule has 0 aliphatic heterocycles. The van der Waals surface area contributed by atoms with Crippen LogP contribution in [-0.2, 0) is 13.6 Å². The van der Waals surface area contributed by atoms with E-state index in [2.05, 4.69) is 15.4 Å². The summed E-state index contributed by atoms with van der Waals surface area (Å²) in [6, 6.07) is 0. The summed E-state index contributed by atoms with van der Waals surface area (Å²) in [5, 5.41) is 16.2. The third kappa shape index (κ3) is 4.00. The van der Waals surface area contributed by atoms with Crippen LogP contribution >= 0.6 is 0 Å². The Bertz CT molecular complexity index is 246. The van der Waals surface area contributed by atoms with Gasteiger partial charge in [0.25, 0.3) is 0 Å². The molecule has 1 rings (SSSR count). The molecule has 5 heteroatoms. The number of nitrogens with one attached hydrogen (secondary N) is 1. The van der Waals surface area contributed by atoms with Gasteiger partial charge in [0, 0.05) is 7.05 Å². The second-order valence-corrected chi connectivity index (χ2v) is 3.15. The van der Waals surface area contributed by atoms with Crippen molar-refractivity contribution in [3.05, 3.63) is 12.2 Å². The molecule has 0 amide bonds. The van der Waals surface area contributed by atoms with E-state index in [0.717, 1.165) is 18.8 Å². The fourth-order valence-electron chi connectivity index (χ4n) is 0.976. The molecule has 13 heavy (non-hydrogen) atoms. The Labute approximate surface area is 77.8 Å². The SMILES string of the molecule is CC(O)CCNCc1ncn(C)n1. The predicted octanol–water partition coefficient (Wildman–Crippen LogP) is -0.324. The van der Waals surface area contributed by atoms with Crippen molar-refractivity contribution >= 4 is 0 Å². The van der Waals surface area contributed by atoms with Gasteiger partial charge in [0.1, 0.15) is 6.33 Å². The highest BCUT2D eigenvalue weighted by atomic mass is 16.3. The van der Waals surface area contributed by atoms with Gasteiger partial charge in [-0.05, 0) is 19.9 Å². The summed E-state index contributed by atoms with van der Waals surface area (Å²) in [7, 11) is 1.84. The van der Waals surface area contributed by atoms with E-state index in [1.165, 1.54) is 0 Å². The molecule has 0 bridgehead atoms. The molecular formula is C8H16N4O. The Kier molecular flexibility index (Phi) is 3.85. The highest BCUT2D eigenvalue weighted by Gasteiger charge is 1.98. The van der Waals surface area contributed by atoms with Crippen molar-refractivity contribution in [3.8, 4) is 0 Å². The van der Waals surface area contributed by atoms with Gasteiger partial charge in [-0.1, -0.05) is 0 Å². The first-order valence-corrected chi connectivity index (χ1v) is 4.42. The van der Waals surface area contributed by atoms with Crippen LogP contribution < -0.4 is 5.32 Å². The van der Waals surface area contributed by atoms with Gasteiger partial charge in [0.15, 0.2) is 5.82 Å². The van der Waals surface area contributed by atoms with Crippen molar-refractivity contribution in [2.45, 2.75) is 26.0 Å². The standard InChI is InChI=1S/C8H16N4O/c1-7(13)3-4-9-5-8-10-6-12(2)11-8/h6-7,9,13H,3-5H2,1-2H3. The predicted molar refractivity (Wildman–Crippen MR) is 49.0 cm³/mol. The molecule has 1 aromatic rings. The van der Waals surface area contributed by atoms with Gasteiger partial charge in [-0.3, -0.25) is 4.68 Å². The van der Waals surface area contributed by atoms with Crippen LogP contribution in [0.2, 0.25) is 0 Å². The maximum absolute atomic E-state index is 8.98. The molecule has 1 atom stereocenters. The molecule has 0 spiro atoms. The average molecular weight is 184 g/mol. The maximum Gasteiger partial charge on any atom is 0.164 e. The summed E-state index contributed by atoms with van der Waals surface area (Å²) in [5.41, 5.74) is 0. The zero-order valence-corrected chi connectivity index (χ0v) is 8.06. The second kappa shape index (κ2) is 4.94. The molecular weight excluding hydrogens is 168 g/mol. The van der Waals surface area contributed by atoms with Crippen LogP contribution in [0.15, 0.2) is 6.33 Å². The summed E-state index contributed by atoms with van der Waals surface area (Å²) in [4.78, 5) is 4.06. The number of aromatic nitrogens is 3. The van der Waals surface area contributed by atoms with E-state index >= 15 is 0 Å². The van der Waals surface area contributed by atoms with Gasteiger partial charge < -0.3 is 10.4 Å².